The predicted molar refractivity (Wildman–Crippen MR) is 492 cm³/mol. The van der Waals surface area contributed by atoms with Gasteiger partial charge in [0.2, 0.25) is 17.8 Å². The highest BCUT2D eigenvalue weighted by molar-refractivity contribution is 6.03. The average Bonchev–Trinajstić information content (AvgIpc) is 1.25. The molecule has 6 aliphatic rings. The van der Waals surface area contributed by atoms with Gasteiger partial charge in [-0.05, 0) is 175 Å². The molecular formula is C96H103N21O13. The fourth-order valence-corrected chi connectivity index (χ4v) is 18.7. The quantitative estimate of drug-likeness (QED) is 0.0178. The molecule has 2 saturated heterocycles. The maximum atomic E-state index is 13.5. The number of carbonyl (C=O) groups is 7. The van der Waals surface area contributed by atoms with E-state index in [1.807, 2.05) is 60.8 Å². The molecule has 130 heavy (non-hydrogen) atoms. The fraction of sp³-hybridized carbons (Fsp3) is 0.365. The van der Waals surface area contributed by atoms with E-state index in [1.54, 1.807) is 118 Å². The molecule has 2 amide bonds. The van der Waals surface area contributed by atoms with Crippen molar-refractivity contribution in [1.29, 1.82) is 0 Å². The Morgan fingerprint density at radius 2 is 0.762 bits per heavy atom. The van der Waals surface area contributed by atoms with Crippen LogP contribution in [-0.2, 0) is 19.5 Å². The third kappa shape index (κ3) is 19.1. The number of piperazine rings is 2. The van der Waals surface area contributed by atoms with Crippen LogP contribution < -0.4 is 52.8 Å². The van der Waals surface area contributed by atoms with Gasteiger partial charge >= 0.3 is 0 Å². The second-order valence-electron chi connectivity index (χ2n) is 33.9. The summed E-state index contributed by atoms with van der Waals surface area (Å²) in [5.41, 5.74) is 12.9. The first-order valence-corrected chi connectivity index (χ1v) is 44.2. The summed E-state index contributed by atoms with van der Waals surface area (Å²) >= 11 is 0. The number of aryl methyl sites for hydroxylation is 3. The Balaban J connectivity index is 0.000000143. The number of hydrogen-bond acceptors (Lipinski definition) is 29. The monoisotopic (exact) mass is 1760 g/mol. The summed E-state index contributed by atoms with van der Waals surface area (Å²) in [6.07, 6.45) is 20.9. The van der Waals surface area contributed by atoms with E-state index in [2.05, 4.69) is 66.5 Å². The first-order valence-electron chi connectivity index (χ1n) is 44.2. The Bertz CT molecular complexity index is 6530. The number of hydroxylamine groups is 1. The molecule has 3 saturated carbocycles. The lowest BCUT2D eigenvalue weighted by Gasteiger charge is -2.37. The summed E-state index contributed by atoms with van der Waals surface area (Å²) in [5, 5.41) is 38.6. The Kier molecular flexibility index (Phi) is 27.0. The highest BCUT2D eigenvalue weighted by Crippen LogP contribution is 2.37. The molecule has 0 radical (unpaired) electrons. The van der Waals surface area contributed by atoms with Crippen LogP contribution >= 0.6 is 0 Å². The zero-order valence-electron chi connectivity index (χ0n) is 73.4. The molecule has 3 aliphatic carbocycles. The van der Waals surface area contributed by atoms with E-state index < -0.39 is 19.1 Å². The van der Waals surface area contributed by atoms with Crippen LogP contribution in [0.3, 0.4) is 0 Å². The van der Waals surface area contributed by atoms with Crippen molar-refractivity contribution in [3.8, 4) is 0 Å². The number of aliphatic hydroxyl groups excluding tert-OH is 2. The Labute approximate surface area is 747 Å². The SMILES string of the molecule is CC(=O)c1c(C)c2cnc(Nc3ccc(N4CCN(C(=O)c5ccc(C(=O)CO)cc5)CC4)cn3)nc2n(C2CCCC2)c1=O.CC(=O)c1c(C)c2cnc(Nc3ccc(N4CCN(c5ccc(C(=O)NO)cc5)CC4)cn3)nc2n(C2CCCC2)c1=O.CC(=O)c1c(C)c2cnc(Nc3ccc4c(n3)CCN(Cc3ccc(C(=O)CO)cc3)C4)nc2n(C2CCCC2)c1=O. The van der Waals surface area contributed by atoms with Gasteiger partial charge in [-0.15, -0.1) is 0 Å². The number of nitrogens with one attached hydrogen (secondary N) is 4. The number of fused-ring (bicyclic) bond motifs is 4. The number of Topliss-reactive ketones (excluding diaryl/α,β-unsaturated/α-hetero) is 5. The topological polar surface area (TPSA) is 427 Å². The van der Waals surface area contributed by atoms with Crippen molar-refractivity contribution < 1.29 is 49.0 Å². The lowest BCUT2D eigenvalue weighted by Crippen LogP contribution is -2.48. The number of carbonyl (C=O) groups excluding carboxylic acids is 7. The van der Waals surface area contributed by atoms with Crippen LogP contribution in [0.15, 0.2) is 155 Å². The van der Waals surface area contributed by atoms with Crippen molar-refractivity contribution in [2.24, 2.45) is 0 Å². The van der Waals surface area contributed by atoms with Crippen LogP contribution in [0.4, 0.5) is 52.4 Å². The van der Waals surface area contributed by atoms with E-state index in [0.717, 1.165) is 163 Å². The zero-order valence-corrected chi connectivity index (χ0v) is 73.4. The number of benzene rings is 3. The van der Waals surface area contributed by atoms with Gasteiger partial charge in [0.25, 0.3) is 28.5 Å². The lowest BCUT2D eigenvalue weighted by molar-refractivity contribution is 0.0705. The summed E-state index contributed by atoms with van der Waals surface area (Å²) < 4.78 is 5.11. The van der Waals surface area contributed by atoms with Crippen molar-refractivity contribution in [1.82, 2.24) is 73.8 Å². The van der Waals surface area contributed by atoms with Gasteiger partial charge in [-0.25, -0.2) is 35.4 Å². The molecule has 9 aromatic heterocycles. The molecule has 3 aliphatic heterocycles. The highest BCUT2D eigenvalue weighted by Gasteiger charge is 2.32. The molecule has 18 rings (SSSR count). The van der Waals surface area contributed by atoms with Gasteiger partial charge in [0.15, 0.2) is 28.9 Å². The molecule has 12 aromatic rings. The highest BCUT2D eigenvalue weighted by atomic mass is 16.5. The Hall–Kier alpha value is -14.1. The first kappa shape index (κ1) is 89.3. The molecule has 34 nitrogen and oxygen atoms in total. The number of amides is 2. The van der Waals surface area contributed by atoms with Crippen LogP contribution in [0.1, 0.15) is 222 Å². The molecular weight excluding hydrogens is 1660 g/mol. The van der Waals surface area contributed by atoms with Crippen molar-refractivity contribution in [2.45, 2.75) is 156 Å². The van der Waals surface area contributed by atoms with E-state index in [9.17, 15) is 47.9 Å². The minimum Gasteiger partial charge on any atom is -0.388 e. The zero-order chi connectivity index (χ0) is 91.1. The molecule has 0 unspecified atom stereocenters. The molecule has 0 spiro atoms. The minimum absolute atomic E-state index is 0.00212. The molecule has 0 bridgehead atoms. The van der Waals surface area contributed by atoms with Crippen LogP contribution in [0.25, 0.3) is 33.1 Å². The standard InChI is InChI=1S/C33H35N7O5.C32H34N6O4.C31H34N8O4/c1-20-26-18-35-33(37-30(26)40(24-5-3-4-6-24)32(45)29(20)21(2)42)36-28-12-11-25(17-34-28)38-13-15-39(16-14-38)31(44)23-9-7-22(8-10-23)27(43)19-41;1-19-25-15-33-32(36-30(25)38(24-5-3-4-6-24)31(42)29(19)20(2)40)35-28-12-11-23-17-37(14-13-26(23)34-28)16-21-7-9-22(10-8-21)27(41)18-39;1-19-25-18-33-31(35-28(25)39(23-5-3-4-6-23)30(42)27(19)20(2)40)34-26-12-11-24(17-32-26)38-15-13-37(14-16-38)22-9-7-21(8-10-22)29(41)36-43/h7-12,17-18,24,41H,3-6,13-16,19H2,1-2H3,(H,34,35,36,37);7-12,15,24,39H,3-6,13-14,16-18H2,1-2H3,(H,33,34,35,36);7-12,17-18,23,43H,3-6,13-16H2,1-2H3,(H,36,41)(H,32,33,34,35). The van der Waals surface area contributed by atoms with Crippen LogP contribution in [0.5, 0.6) is 0 Å². The lowest BCUT2D eigenvalue weighted by atomic mass is 10.0. The molecule has 34 heteroatoms. The Morgan fingerprint density at radius 3 is 1.15 bits per heavy atom. The van der Waals surface area contributed by atoms with Crippen molar-refractivity contribution >= 4 is 126 Å². The molecule has 670 valence electrons. The average molecular weight is 1760 g/mol. The maximum Gasteiger partial charge on any atom is 0.274 e. The van der Waals surface area contributed by atoms with Gasteiger partial charge in [-0.3, -0.25) is 71.8 Å². The van der Waals surface area contributed by atoms with E-state index >= 15 is 0 Å². The third-order valence-corrected chi connectivity index (χ3v) is 25.7. The first-order chi connectivity index (χ1) is 62.9. The number of rotatable bonds is 23. The van der Waals surface area contributed by atoms with Gasteiger partial charge in [0.1, 0.15) is 47.6 Å². The number of ketones is 5. The van der Waals surface area contributed by atoms with E-state index in [-0.39, 0.29) is 86.3 Å². The van der Waals surface area contributed by atoms with Gasteiger partial charge in [-0.1, -0.05) is 81.0 Å². The van der Waals surface area contributed by atoms with Crippen LogP contribution in [0.2, 0.25) is 0 Å². The van der Waals surface area contributed by atoms with Crippen molar-refractivity contribution in [2.75, 3.05) is 103 Å². The summed E-state index contributed by atoms with van der Waals surface area (Å²) in [6.45, 7) is 16.5. The van der Waals surface area contributed by atoms with Crippen LogP contribution in [-0.4, -0.2) is 197 Å². The van der Waals surface area contributed by atoms with Gasteiger partial charge in [0, 0.05) is 165 Å². The number of nitrogens with zero attached hydrogens (tertiary/aromatic N) is 17. The number of hydrogen-bond donors (Lipinski definition) is 7. The van der Waals surface area contributed by atoms with Gasteiger partial charge in [-0.2, -0.15) is 15.0 Å². The number of aliphatic hydroxyl groups is 2. The largest absolute Gasteiger partial charge is 0.388 e. The van der Waals surface area contributed by atoms with Crippen LogP contribution in [0, 0.1) is 20.8 Å². The summed E-state index contributed by atoms with van der Waals surface area (Å²) in [5.74, 6) is 0.740. The summed E-state index contributed by atoms with van der Waals surface area (Å²) in [4.78, 5) is 178. The van der Waals surface area contributed by atoms with E-state index in [0.29, 0.717) is 134 Å². The Morgan fingerprint density at radius 1 is 0.400 bits per heavy atom. The molecule has 12 heterocycles. The van der Waals surface area contributed by atoms with E-state index in [4.69, 9.17) is 35.4 Å². The van der Waals surface area contributed by atoms with Gasteiger partial charge in [0.05, 0.1) is 40.5 Å². The molecule has 0 atom stereocenters. The number of aromatic nitrogens is 12. The fourth-order valence-electron chi connectivity index (χ4n) is 18.7. The number of pyridine rings is 6. The maximum absolute atomic E-state index is 13.5. The summed E-state index contributed by atoms with van der Waals surface area (Å²) in [6, 6.07) is 32.6. The second-order valence-corrected chi connectivity index (χ2v) is 33.9. The normalized spacial score (nSPS) is 15.5. The second kappa shape index (κ2) is 39.2. The van der Waals surface area contributed by atoms with Gasteiger partial charge < -0.3 is 45.8 Å². The molecule has 3 aromatic carbocycles. The third-order valence-electron chi connectivity index (χ3n) is 25.7. The predicted octanol–water partition coefficient (Wildman–Crippen LogP) is 12.0. The smallest absolute Gasteiger partial charge is 0.274 e. The number of anilines is 9. The summed E-state index contributed by atoms with van der Waals surface area (Å²) in [7, 11) is 0. The molecule has 5 fully saturated rings. The van der Waals surface area contributed by atoms with Crippen molar-refractivity contribution in [3.05, 3.63) is 244 Å². The minimum atomic E-state index is -0.564. The molecule has 7 N–H and O–H groups in total. The van der Waals surface area contributed by atoms with Crippen molar-refractivity contribution in [3.63, 3.8) is 0 Å². The van der Waals surface area contributed by atoms with E-state index in [1.165, 1.54) is 20.8 Å².